The Kier molecular flexibility index (Phi) is 5.09. The summed E-state index contributed by atoms with van der Waals surface area (Å²) in [7, 11) is 0. The highest BCUT2D eigenvalue weighted by atomic mass is 16.3. The average Bonchev–Trinajstić information content (AvgIpc) is 2.56. The molecule has 2 rings (SSSR count). The Labute approximate surface area is 132 Å². The molecule has 0 fully saturated rings. The molecule has 2 aromatic rings. The number of nitrogens with zero attached hydrogens (tertiary/aromatic N) is 1. The molecule has 23 heavy (non-hydrogen) atoms. The number of ketones is 1. The molecule has 0 bridgehead atoms. The minimum atomic E-state index is -1.29. The van der Waals surface area contributed by atoms with Gasteiger partial charge in [-0.05, 0) is 24.6 Å². The zero-order valence-corrected chi connectivity index (χ0v) is 12.4. The molecule has 0 aliphatic heterocycles. The van der Waals surface area contributed by atoms with Crippen molar-refractivity contribution < 1.29 is 14.4 Å². The number of amides is 2. The van der Waals surface area contributed by atoms with Gasteiger partial charge < -0.3 is 0 Å². The lowest BCUT2D eigenvalue weighted by molar-refractivity contribution is -0.121. The average molecular weight is 310 g/mol. The van der Waals surface area contributed by atoms with Crippen LogP contribution in [0.5, 0.6) is 0 Å². The first kappa shape index (κ1) is 16.2. The second-order valence-electron chi connectivity index (χ2n) is 4.87. The highest BCUT2D eigenvalue weighted by Crippen LogP contribution is 2.17. The molecule has 0 aromatic heterocycles. The molecular weight excluding hydrogens is 296 g/mol. The molecule has 1 N–H and O–H groups in total. The Bertz CT molecular complexity index is 739. The van der Waals surface area contributed by atoms with Gasteiger partial charge >= 0.3 is 0 Å². The molecule has 1 atom stereocenters. The molecule has 0 radical (unpaired) electrons. The molecule has 6 heteroatoms. The van der Waals surface area contributed by atoms with E-state index in [0.29, 0.717) is 11.1 Å². The van der Waals surface area contributed by atoms with Gasteiger partial charge in [0.1, 0.15) is 0 Å². The van der Waals surface area contributed by atoms with E-state index in [0.717, 1.165) is 0 Å². The maximum atomic E-state index is 12.1. The molecule has 0 aliphatic carbocycles. The van der Waals surface area contributed by atoms with Crippen LogP contribution in [0.2, 0.25) is 0 Å². The first-order chi connectivity index (χ1) is 11.0. The zero-order valence-electron chi connectivity index (χ0n) is 12.4. The number of hydrogen-bond acceptors (Lipinski definition) is 5. The van der Waals surface area contributed by atoms with E-state index >= 15 is 0 Å². The first-order valence-electron chi connectivity index (χ1n) is 6.86. The van der Waals surface area contributed by atoms with Crippen LogP contribution < -0.4 is 5.32 Å². The van der Waals surface area contributed by atoms with Crippen molar-refractivity contribution in [2.45, 2.75) is 13.0 Å². The predicted octanol–water partition coefficient (Wildman–Crippen LogP) is 2.65. The molecule has 116 valence electrons. The maximum Gasteiger partial charge on any atom is 0.259 e. The third kappa shape index (κ3) is 3.94. The summed E-state index contributed by atoms with van der Waals surface area (Å²) in [5.74, 6) is -1.58. The summed E-state index contributed by atoms with van der Waals surface area (Å²) in [6.45, 7) is 1.42. The lowest BCUT2D eigenvalue weighted by Crippen LogP contribution is -2.34. The SMILES string of the molecule is CC(=O)c1ccc(C(=O)NC(=O)C(N=O)c2ccccc2)cc1. The van der Waals surface area contributed by atoms with E-state index in [1.807, 2.05) is 0 Å². The molecule has 0 spiro atoms. The van der Waals surface area contributed by atoms with Crippen LogP contribution in [0.15, 0.2) is 59.8 Å². The van der Waals surface area contributed by atoms with Crippen molar-refractivity contribution in [3.63, 3.8) is 0 Å². The summed E-state index contributed by atoms with van der Waals surface area (Å²) in [6, 6.07) is 12.8. The van der Waals surface area contributed by atoms with Gasteiger partial charge in [-0.1, -0.05) is 47.6 Å². The van der Waals surface area contributed by atoms with Crippen LogP contribution in [0.1, 0.15) is 39.2 Å². The lowest BCUT2D eigenvalue weighted by atomic mass is 10.1. The van der Waals surface area contributed by atoms with Gasteiger partial charge in [0.25, 0.3) is 11.8 Å². The number of Topliss-reactive ketones (excluding diaryl/α,β-unsaturated/α-hetero) is 1. The van der Waals surface area contributed by atoms with Crippen molar-refractivity contribution in [2.24, 2.45) is 5.18 Å². The molecule has 0 aliphatic rings. The number of nitrogens with one attached hydrogen (secondary N) is 1. The molecular formula is C17H14N2O4. The van der Waals surface area contributed by atoms with E-state index in [9.17, 15) is 19.3 Å². The molecule has 2 aromatic carbocycles. The van der Waals surface area contributed by atoms with E-state index in [-0.39, 0.29) is 11.3 Å². The van der Waals surface area contributed by atoms with Gasteiger partial charge in [0.05, 0.1) is 0 Å². The summed E-state index contributed by atoms with van der Waals surface area (Å²) in [4.78, 5) is 46.2. The van der Waals surface area contributed by atoms with Crippen LogP contribution >= 0.6 is 0 Å². The second kappa shape index (κ2) is 7.22. The number of imide groups is 1. The van der Waals surface area contributed by atoms with Crippen LogP contribution in [-0.2, 0) is 4.79 Å². The Morgan fingerprint density at radius 1 is 0.913 bits per heavy atom. The summed E-state index contributed by atoms with van der Waals surface area (Å²) in [6.07, 6.45) is 0. The fraction of sp³-hybridized carbons (Fsp3) is 0.118. The van der Waals surface area contributed by atoms with Gasteiger partial charge in [0, 0.05) is 11.1 Å². The van der Waals surface area contributed by atoms with Crippen molar-refractivity contribution in [1.29, 1.82) is 0 Å². The molecule has 6 nitrogen and oxygen atoms in total. The monoisotopic (exact) mass is 310 g/mol. The van der Waals surface area contributed by atoms with Gasteiger partial charge in [-0.2, -0.15) is 0 Å². The third-order valence-corrected chi connectivity index (χ3v) is 3.26. The minimum absolute atomic E-state index is 0.123. The molecule has 0 saturated carbocycles. The summed E-state index contributed by atoms with van der Waals surface area (Å²) in [5, 5.41) is 4.92. The van der Waals surface area contributed by atoms with E-state index in [1.165, 1.54) is 31.2 Å². The number of carbonyl (C=O) groups excluding carboxylic acids is 3. The van der Waals surface area contributed by atoms with Crippen LogP contribution in [-0.4, -0.2) is 17.6 Å². The maximum absolute atomic E-state index is 12.1. The van der Waals surface area contributed by atoms with Crippen LogP contribution in [0.4, 0.5) is 0 Å². The Morgan fingerprint density at radius 3 is 2.00 bits per heavy atom. The highest BCUT2D eigenvalue weighted by molar-refractivity contribution is 6.06. The van der Waals surface area contributed by atoms with Crippen LogP contribution in [0, 0.1) is 4.91 Å². The summed E-state index contributed by atoms with van der Waals surface area (Å²) in [5.41, 5.74) is 1.07. The van der Waals surface area contributed by atoms with E-state index in [4.69, 9.17) is 0 Å². The Morgan fingerprint density at radius 2 is 1.48 bits per heavy atom. The number of rotatable bonds is 5. The van der Waals surface area contributed by atoms with E-state index in [2.05, 4.69) is 10.5 Å². The van der Waals surface area contributed by atoms with Gasteiger partial charge in [-0.3, -0.25) is 19.7 Å². The van der Waals surface area contributed by atoms with Crippen LogP contribution in [0.3, 0.4) is 0 Å². The first-order valence-corrected chi connectivity index (χ1v) is 6.86. The second-order valence-corrected chi connectivity index (χ2v) is 4.87. The van der Waals surface area contributed by atoms with E-state index < -0.39 is 17.9 Å². The largest absolute Gasteiger partial charge is 0.295 e. The van der Waals surface area contributed by atoms with Crippen LogP contribution in [0.25, 0.3) is 0 Å². The smallest absolute Gasteiger partial charge is 0.259 e. The normalized spacial score (nSPS) is 11.3. The van der Waals surface area contributed by atoms with Gasteiger partial charge in [0.15, 0.2) is 11.8 Å². The number of nitroso groups, excluding NO2 is 1. The molecule has 0 saturated heterocycles. The number of hydrogen-bond donors (Lipinski definition) is 1. The van der Waals surface area contributed by atoms with Crippen molar-refractivity contribution in [2.75, 3.05) is 0 Å². The molecule has 2 amide bonds. The zero-order chi connectivity index (χ0) is 16.8. The van der Waals surface area contributed by atoms with Gasteiger partial charge in [-0.25, -0.2) is 0 Å². The van der Waals surface area contributed by atoms with E-state index in [1.54, 1.807) is 30.3 Å². The minimum Gasteiger partial charge on any atom is -0.295 e. The predicted molar refractivity (Wildman–Crippen MR) is 83.9 cm³/mol. The number of carbonyl (C=O) groups is 3. The van der Waals surface area contributed by atoms with Crippen molar-refractivity contribution >= 4 is 17.6 Å². The molecule has 1 unspecified atom stereocenters. The summed E-state index contributed by atoms with van der Waals surface area (Å²) >= 11 is 0. The topological polar surface area (TPSA) is 92.7 Å². The van der Waals surface area contributed by atoms with Crippen molar-refractivity contribution in [3.05, 3.63) is 76.2 Å². The lowest BCUT2D eigenvalue weighted by Gasteiger charge is -2.09. The Balaban J connectivity index is 2.11. The number of benzene rings is 2. The fourth-order valence-electron chi connectivity index (χ4n) is 2.00. The molecule has 0 heterocycles. The fourth-order valence-corrected chi connectivity index (χ4v) is 2.00. The standard InChI is InChI=1S/C17H14N2O4/c1-11(20)12-7-9-14(10-8-12)16(21)18-17(22)15(19-23)13-5-3-2-4-6-13/h2-10,15H,1H3,(H,18,21,22). The van der Waals surface area contributed by atoms with Gasteiger partial charge in [-0.15, -0.1) is 4.91 Å². The van der Waals surface area contributed by atoms with Crippen molar-refractivity contribution in [3.8, 4) is 0 Å². The quantitative estimate of drug-likeness (QED) is 0.678. The Hall–Kier alpha value is -3.15. The highest BCUT2D eigenvalue weighted by Gasteiger charge is 2.23. The summed E-state index contributed by atoms with van der Waals surface area (Å²) < 4.78 is 0. The van der Waals surface area contributed by atoms with Gasteiger partial charge in [0.2, 0.25) is 0 Å². The third-order valence-electron chi connectivity index (χ3n) is 3.26. The van der Waals surface area contributed by atoms with Crippen molar-refractivity contribution in [1.82, 2.24) is 5.32 Å².